The molecular weight excluding hydrogens is 2160 g/mol. The van der Waals surface area contributed by atoms with Crippen LogP contribution in [0.1, 0.15) is 44.4 Å². The number of pyridine rings is 5. The van der Waals surface area contributed by atoms with Crippen LogP contribution >= 0.6 is 0 Å². The number of rotatable bonds is 8. The van der Waals surface area contributed by atoms with Crippen molar-refractivity contribution in [2.45, 2.75) is 48.5 Å². The average Bonchev–Trinajstić information content (AvgIpc) is 1.61. The molecule has 7 nitrogen and oxygen atoms in total. The van der Waals surface area contributed by atoms with E-state index in [0.717, 1.165) is 67.7 Å². The molecular formula is C108H75Ir4N7-4. The summed E-state index contributed by atoms with van der Waals surface area (Å²) in [5.41, 5.74) is 22.9. The van der Waals surface area contributed by atoms with Gasteiger partial charge in [0, 0.05) is 144 Å². The summed E-state index contributed by atoms with van der Waals surface area (Å²) < 4.78 is 4.62. The molecule has 0 spiro atoms. The normalized spacial score (nSPS) is 8.87. The monoisotopic (exact) mass is 2240 g/mol. The van der Waals surface area contributed by atoms with Crippen molar-refractivity contribution in [1.82, 2.24) is 34.1 Å². The first-order valence-corrected chi connectivity index (χ1v) is 36.3. The van der Waals surface area contributed by atoms with Gasteiger partial charge in [0.15, 0.2) is 0 Å². The fraction of sp³-hybridized carbons (Fsp3) is 0.0648. The quantitative estimate of drug-likeness (QED) is 0.112. The van der Waals surface area contributed by atoms with Crippen LogP contribution in [0.4, 0.5) is 0 Å². The molecule has 9 aromatic carbocycles. The molecule has 0 bridgehead atoms. The third-order valence-corrected chi connectivity index (χ3v) is 16.6. The Kier molecular flexibility index (Phi) is 42.8. The molecule has 0 N–H and O–H groups in total. The van der Waals surface area contributed by atoms with E-state index in [1.54, 1.807) is 40.1 Å². The number of aryl methyl sites for hydroxylation is 3. The van der Waals surface area contributed by atoms with Gasteiger partial charge in [-0.2, -0.15) is 0 Å². The summed E-state index contributed by atoms with van der Waals surface area (Å²) in [6.45, 7) is 13.1. The number of terminal acetylenes is 4. The molecule has 0 saturated heterocycles. The third kappa shape index (κ3) is 28.8. The van der Waals surface area contributed by atoms with Gasteiger partial charge < -0.3 is 29.1 Å². The van der Waals surface area contributed by atoms with Crippen LogP contribution in [-0.4, -0.2) is 34.1 Å². The van der Waals surface area contributed by atoms with Gasteiger partial charge in [-0.25, -0.2) is 0 Å². The molecule has 582 valence electrons. The number of para-hydroxylation sites is 4. The molecule has 4 radical (unpaired) electrons. The molecule has 0 atom stereocenters. The minimum Gasteiger partial charge on any atom is -0.351 e. The van der Waals surface area contributed by atoms with E-state index < -0.39 is 0 Å². The van der Waals surface area contributed by atoms with Crippen LogP contribution in [0, 0.1) is 177 Å². The zero-order valence-electron chi connectivity index (χ0n) is 66.1. The molecule has 0 saturated carbocycles. The maximum atomic E-state index is 4.78. The second-order valence-electron chi connectivity index (χ2n) is 24.4. The predicted molar refractivity (Wildman–Crippen MR) is 478 cm³/mol. The Morgan fingerprint density at radius 3 is 1.09 bits per heavy atom. The molecule has 0 aliphatic carbocycles. The van der Waals surface area contributed by atoms with Crippen molar-refractivity contribution in [1.29, 1.82) is 0 Å². The zero-order valence-corrected chi connectivity index (χ0v) is 75.7. The number of hydrogen-bond donors (Lipinski definition) is 0. The maximum absolute atomic E-state index is 4.78. The van der Waals surface area contributed by atoms with Crippen molar-refractivity contribution in [2.24, 2.45) is 0 Å². The molecule has 7 aromatic heterocycles. The van der Waals surface area contributed by atoms with Gasteiger partial charge in [-0.3, -0.25) is 4.98 Å². The predicted octanol–water partition coefficient (Wildman–Crippen LogP) is 22.6. The van der Waals surface area contributed by atoms with Gasteiger partial charge in [0.1, 0.15) is 0 Å². The van der Waals surface area contributed by atoms with Crippen LogP contribution in [0.2, 0.25) is 0 Å². The summed E-state index contributed by atoms with van der Waals surface area (Å²) >= 11 is 0. The van der Waals surface area contributed by atoms with Crippen molar-refractivity contribution >= 4 is 43.6 Å². The van der Waals surface area contributed by atoms with E-state index in [1.165, 1.54) is 71.4 Å². The first-order valence-electron chi connectivity index (χ1n) is 36.3. The van der Waals surface area contributed by atoms with Gasteiger partial charge in [0.05, 0.1) is 16.7 Å². The van der Waals surface area contributed by atoms with Crippen LogP contribution in [0.5, 0.6) is 0 Å². The average molecular weight is 2240 g/mol. The Balaban J connectivity index is 0.000000256. The maximum Gasteiger partial charge on any atom is 0.0523 e. The Morgan fingerprint density at radius 1 is 0.269 bits per heavy atom. The molecule has 0 amide bonds. The van der Waals surface area contributed by atoms with Crippen LogP contribution in [0.3, 0.4) is 0 Å². The van der Waals surface area contributed by atoms with Gasteiger partial charge in [0.25, 0.3) is 0 Å². The Hall–Kier alpha value is -13.9. The number of nitrogens with zero attached hydrogens (tertiary/aromatic N) is 7. The summed E-state index contributed by atoms with van der Waals surface area (Å²) in [5.74, 6) is 43.2. The van der Waals surface area contributed by atoms with Gasteiger partial charge in [-0.15, -0.1) is 151 Å². The summed E-state index contributed by atoms with van der Waals surface area (Å²) in [7, 11) is 0. The fourth-order valence-corrected chi connectivity index (χ4v) is 11.6. The van der Waals surface area contributed by atoms with Crippen molar-refractivity contribution in [2.75, 3.05) is 0 Å². The zero-order chi connectivity index (χ0) is 81.0. The van der Waals surface area contributed by atoms with Crippen molar-refractivity contribution in [3.05, 3.63) is 345 Å². The van der Waals surface area contributed by atoms with Gasteiger partial charge >= 0.3 is 0 Å². The Labute approximate surface area is 755 Å². The Morgan fingerprint density at radius 2 is 0.664 bits per heavy atom. The topological polar surface area (TPSA) is 74.3 Å². The first-order chi connectivity index (χ1) is 56.5. The molecule has 0 aliphatic rings. The molecule has 119 heavy (non-hydrogen) atoms. The second kappa shape index (κ2) is 53.3. The number of fused-ring (bicyclic) bond motifs is 6. The van der Waals surface area contributed by atoms with E-state index in [-0.39, 0.29) is 80.4 Å². The molecule has 11 heteroatoms. The largest absolute Gasteiger partial charge is 0.351 e. The summed E-state index contributed by atoms with van der Waals surface area (Å²) in [5, 5.41) is 5.08. The van der Waals surface area contributed by atoms with Crippen LogP contribution in [0.15, 0.2) is 304 Å². The van der Waals surface area contributed by atoms with Gasteiger partial charge in [-0.1, -0.05) is 186 Å². The van der Waals surface area contributed by atoms with Gasteiger partial charge in [-0.05, 0) is 231 Å². The fourth-order valence-electron chi connectivity index (χ4n) is 11.6. The Bertz CT molecular complexity index is 6450. The van der Waals surface area contributed by atoms with Crippen molar-refractivity contribution in [3.63, 3.8) is 0 Å². The van der Waals surface area contributed by atoms with E-state index in [1.807, 2.05) is 110 Å². The van der Waals surface area contributed by atoms with Crippen LogP contribution in [-0.2, 0) is 80.4 Å². The first kappa shape index (κ1) is 95.7. The van der Waals surface area contributed by atoms with E-state index >= 15 is 0 Å². The molecule has 7 heterocycles. The van der Waals surface area contributed by atoms with E-state index in [2.05, 4.69) is 367 Å². The van der Waals surface area contributed by atoms with Crippen molar-refractivity contribution < 1.29 is 80.4 Å². The van der Waals surface area contributed by atoms with Crippen molar-refractivity contribution in [3.8, 4) is 211 Å². The summed E-state index contributed by atoms with van der Waals surface area (Å²) in [6, 6.07) is 107. The summed E-state index contributed by atoms with van der Waals surface area (Å²) in [4.78, 5) is 22.1. The third-order valence-electron chi connectivity index (χ3n) is 16.6. The molecule has 0 aliphatic heterocycles. The van der Waals surface area contributed by atoms with E-state index in [0.29, 0.717) is 0 Å². The molecule has 0 unspecified atom stereocenters. The van der Waals surface area contributed by atoms with Gasteiger partial charge in [0.2, 0.25) is 0 Å². The summed E-state index contributed by atoms with van der Waals surface area (Å²) in [6.07, 6.45) is 28.1. The second-order valence-corrected chi connectivity index (χ2v) is 24.4. The molecule has 0 fully saturated rings. The minimum absolute atomic E-state index is 0. The smallest absolute Gasteiger partial charge is 0.0523 e. The van der Waals surface area contributed by atoms with Crippen LogP contribution in [0.25, 0.3) is 122 Å². The molecule has 16 aromatic rings. The number of aromatic nitrogens is 7. The minimum atomic E-state index is 0. The standard InChI is InChI=1S/2C24H17N2.C18H14N.C16H11N2.C8H6.C7H4.C6H2.C5H4.4Ir/c1-17-13-14-25-22(15-17)18-7-6-8-19(16-18)26-23-11-4-2-9-20(23)21-10-3-5-12-24(21)26;1-17-14-15-25-22(16-17)18-10-12-19(13-11-18)26-23-8-4-2-6-20(23)21-7-3-5-9-24(21)26;1-14-10-11-18(19-13-14)17-9-5-8-16(12-17)15-6-3-2-4-7-15;1-3-10-17-15(8-1)13-6-5-7-14(12-13)16-9-2-4-11-18-16;1-3-5-7-8-6-4-2;1-3-5-7-6-4-2;1-3-5-6-4-2;1-3-5-4-2;;;;/h2-6,8-16H,1H3;2-10,12-16H,1H3;2-8,10-13H,1H3;1-6,8-12H;1-2H3;1H,2H3;1-2H;1H,2H3;;;;/q4*-1;;;;;;;;. The molecule has 16 rings (SSSR count). The SMILES string of the molecule is C#CC#CC.C#CC#CC#C.C#CC#CC#CC.CC#CC#CC#CC.Cc1ccc(-c2[c-]ccc(-c3ccccc3)c2)nc1.Cc1ccnc(-c2[c-]cc(-n3c4ccccc4c4ccccc43)cc2)c1.Cc1ccnc(-c2[c-]ccc(-n3c4ccccc4c4ccccc43)c2)c1.[Ir].[Ir].[Ir].[Ir].[c-]1ccc(-c2ccccn2)cc1-c1ccccn1. The van der Waals surface area contributed by atoms with E-state index in [9.17, 15) is 0 Å². The number of benzene rings is 9. The van der Waals surface area contributed by atoms with Crippen LogP contribution < -0.4 is 0 Å². The number of hydrogen-bond acceptors (Lipinski definition) is 5. The van der Waals surface area contributed by atoms with E-state index in [4.69, 9.17) is 25.7 Å².